The minimum atomic E-state index is -0.662. The van der Waals surface area contributed by atoms with Crippen molar-refractivity contribution in [3.05, 3.63) is 56.7 Å². The largest absolute Gasteiger partial charge is 0.465 e. The van der Waals surface area contributed by atoms with Crippen molar-refractivity contribution in [3.8, 4) is 0 Å². The maximum atomic E-state index is 11.4. The van der Waals surface area contributed by atoms with Crippen molar-refractivity contribution in [3.63, 3.8) is 0 Å². The zero-order valence-corrected chi connectivity index (χ0v) is 13.2. The van der Waals surface area contributed by atoms with Crippen LogP contribution >= 0.6 is 27.7 Å². The first-order valence-corrected chi connectivity index (χ1v) is 7.28. The highest BCUT2D eigenvalue weighted by Crippen LogP contribution is 2.34. The van der Waals surface area contributed by atoms with Crippen molar-refractivity contribution in [2.75, 3.05) is 7.11 Å². The molecule has 6 nitrogen and oxygen atoms in total. The second kappa shape index (κ2) is 6.68. The molecule has 2 rings (SSSR count). The highest BCUT2D eigenvalue weighted by Gasteiger charge is 2.20. The van der Waals surface area contributed by atoms with E-state index >= 15 is 0 Å². The molecule has 0 atom stereocenters. The molecule has 8 heteroatoms. The summed E-state index contributed by atoms with van der Waals surface area (Å²) in [6.07, 6.45) is 1.26. The van der Waals surface area contributed by atoms with Gasteiger partial charge in [-0.25, -0.2) is 9.78 Å². The van der Waals surface area contributed by atoms with Crippen LogP contribution in [0.1, 0.15) is 10.4 Å². The molecule has 2 aromatic rings. The van der Waals surface area contributed by atoms with Gasteiger partial charge in [-0.1, -0.05) is 33.8 Å². The average Bonchev–Trinajstić information content (AvgIpc) is 2.46. The van der Waals surface area contributed by atoms with Crippen molar-refractivity contribution in [1.29, 1.82) is 0 Å². The molecule has 1 heterocycles. The second-order valence-corrected chi connectivity index (χ2v) is 5.83. The Morgan fingerprint density at radius 3 is 2.81 bits per heavy atom. The van der Waals surface area contributed by atoms with Gasteiger partial charge in [-0.15, -0.1) is 0 Å². The van der Waals surface area contributed by atoms with Crippen LogP contribution in [0.15, 0.2) is 50.9 Å². The number of ether oxygens (including phenoxy) is 1. The third-order valence-corrected chi connectivity index (χ3v) is 3.95. The predicted molar refractivity (Wildman–Crippen MR) is 80.5 cm³/mol. The van der Waals surface area contributed by atoms with Crippen molar-refractivity contribution in [1.82, 2.24) is 4.98 Å². The number of benzene rings is 1. The SMILES string of the molecule is COC(=O)c1cnc(Sc2cccc(Br)c2)c([N+](=O)[O-])c1. The van der Waals surface area contributed by atoms with Gasteiger partial charge in [-0.3, -0.25) is 10.1 Å². The Morgan fingerprint density at radius 1 is 1.43 bits per heavy atom. The predicted octanol–water partition coefficient (Wildman–Crippen LogP) is 3.69. The summed E-state index contributed by atoms with van der Waals surface area (Å²) in [6.45, 7) is 0. The molecule has 1 aromatic heterocycles. The van der Waals surface area contributed by atoms with E-state index in [4.69, 9.17) is 0 Å². The van der Waals surface area contributed by atoms with Crippen LogP contribution in [0.25, 0.3) is 0 Å². The summed E-state index contributed by atoms with van der Waals surface area (Å²) in [7, 11) is 1.21. The number of halogens is 1. The number of nitrogens with zero attached hydrogens (tertiary/aromatic N) is 2. The van der Waals surface area contributed by atoms with Crippen LogP contribution in [-0.4, -0.2) is 23.0 Å². The fraction of sp³-hybridized carbons (Fsp3) is 0.0769. The molecule has 0 bridgehead atoms. The summed E-state index contributed by atoms with van der Waals surface area (Å²) in [4.78, 5) is 26.8. The number of carbonyl (C=O) groups is 1. The van der Waals surface area contributed by atoms with Gasteiger partial charge in [-0.2, -0.15) is 0 Å². The summed E-state index contributed by atoms with van der Waals surface area (Å²) < 4.78 is 5.39. The van der Waals surface area contributed by atoms with Crippen molar-refractivity contribution < 1.29 is 14.5 Å². The number of aromatic nitrogens is 1. The van der Waals surface area contributed by atoms with Crippen LogP contribution < -0.4 is 0 Å². The molecule has 0 saturated carbocycles. The normalized spacial score (nSPS) is 10.2. The Kier molecular flexibility index (Phi) is 4.92. The first-order valence-electron chi connectivity index (χ1n) is 5.67. The summed E-state index contributed by atoms with van der Waals surface area (Å²) in [6, 6.07) is 8.48. The summed E-state index contributed by atoms with van der Waals surface area (Å²) in [5, 5.41) is 11.3. The molecule has 0 amide bonds. The quantitative estimate of drug-likeness (QED) is 0.464. The lowest BCUT2D eigenvalue weighted by Crippen LogP contribution is -2.04. The van der Waals surface area contributed by atoms with E-state index in [9.17, 15) is 14.9 Å². The monoisotopic (exact) mass is 368 g/mol. The van der Waals surface area contributed by atoms with Gasteiger partial charge in [0.25, 0.3) is 0 Å². The van der Waals surface area contributed by atoms with E-state index < -0.39 is 10.9 Å². The first kappa shape index (κ1) is 15.5. The lowest BCUT2D eigenvalue weighted by atomic mass is 10.3. The molecule has 0 aliphatic heterocycles. The van der Waals surface area contributed by atoms with Crippen molar-refractivity contribution in [2.24, 2.45) is 0 Å². The number of esters is 1. The summed E-state index contributed by atoms with van der Waals surface area (Å²) in [5.41, 5.74) is -0.189. The van der Waals surface area contributed by atoms with Gasteiger partial charge in [0.15, 0.2) is 5.03 Å². The molecule has 0 fully saturated rings. The Labute approximate surface area is 132 Å². The Morgan fingerprint density at radius 2 is 2.19 bits per heavy atom. The maximum absolute atomic E-state index is 11.4. The van der Waals surface area contributed by atoms with E-state index in [2.05, 4.69) is 25.7 Å². The molecule has 1 aromatic carbocycles. The van der Waals surface area contributed by atoms with Crippen LogP contribution in [0, 0.1) is 10.1 Å². The average molecular weight is 369 g/mol. The number of nitro groups is 1. The lowest BCUT2D eigenvalue weighted by Gasteiger charge is -2.04. The van der Waals surface area contributed by atoms with E-state index in [1.54, 1.807) is 0 Å². The molecule has 108 valence electrons. The molecule has 0 spiro atoms. The Hall–Kier alpha value is -1.93. The molecule has 21 heavy (non-hydrogen) atoms. The lowest BCUT2D eigenvalue weighted by molar-refractivity contribution is -0.388. The van der Waals surface area contributed by atoms with Crippen LogP contribution in [0.4, 0.5) is 5.69 Å². The third kappa shape index (κ3) is 3.79. The van der Waals surface area contributed by atoms with E-state index in [0.717, 1.165) is 21.1 Å². The number of pyridine rings is 1. The van der Waals surface area contributed by atoms with E-state index in [-0.39, 0.29) is 16.3 Å². The van der Waals surface area contributed by atoms with Gasteiger partial charge < -0.3 is 4.74 Å². The van der Waals surface area contributed by atoms with E-state index in [1.165, 1.54) is 19.4 Å². The molecule has 0 aliphatic rings. The standard InChI is InChI=1S/C13H9BrN2O4S/c1-20-13(17)8-5-11(16(18)19)12(15-7-8)21-10-4-2-3-9(14)6-10/h2-7H,1H3. The van der Waals surface area contributed by atoms with Crippen LogP contribution in [0.5, 0.6) is 0 Å². The van der Waals surface area contributed by atoms with Gasteiger partial charge >= 0.3 is 11.7 Å². The fourth-order valence-corrected chi connectivity index (χ4v) is 2.97. The maximum Gasteiger partial charge on any atom is 0.339 e. The van der Waals surface area contributed by atoms with Gasteiger partial charge in [0, 0.05) is 21.6 Å². The zero-order valence-electron chi connectivity index (χ0n) is 10.8. The van der Waals surface area contributed by atoms with Crippen LogP contribution in [0.2, 0.25) is 0 Å². The summed E-state index contributed by atoms with van der Waals surface area (Å²) in [5.74, 6) is -0.662. The van der Waals surface area contributed by atoms with Crippen LogP contribution in [0.3, 0.4) is 0 Å². The van der Waals surface area contributed by atoms with Gasteiger partial charge in [-0.05, 0) is 18.2 Å². The van der Waals surface area contributed by atoms with Crippen LogP contribution in [-0.2, 0) is 4.74 Å². The Bertz CT molecular complexity index is 708. The number of hydrogen-bond donors (Lipinski definition) is 0. The molecule has 0 aliphatic carbocycles. The molecule has 0 radical (unpaired) electrons. The second-order valence-electron chi connectivity index (χ2n) is 3.86. The summed E-state index contributed by atoms with van der Waals surface area (Å²) >= 11 is 4.48. The molecular weight excluding hydrogens is 360 g/mol. The minimum absolute atomic E-state index is 0.0443. The van der Waals surface area contributed by atoms with Crippen molar-refractivity contribution in [2.45, 2.75) is 9.92 Å². The van der Waals surface area contributed by atoms with Crippen molar-refractivity contribution >= 4 is 39.3 Å². The topological polar surface area (TPSA) is 82.3 Å². The minimum Gasteiger partial charge on any atom is -0.465 e. The number of carbonyl (C=O) groups excluding carboxylic acids is 1. The van der Waals surface area contributed by atoms with Gasteiger partial charge in [0.1, 0.15) is 0 Å². The van der Waals surface area contributed by atoms with Gasteiger partial charge in [0.05, 0.1) is 17.6 Å². The molecule has 0 saturated heterocycles. The smallest absolute Gasteiger partial charge is 0.339 e. The zero-order chi connectivity index (χ0) is 15.4. The number of methoxy groups -OCH3 is 1. The highest BCUT2D eigenvalue weighted by molar-refractivity contribution is 9.10. The first-order chi connectivity index (χ1) is 10.0. The number of hydrogen-bond acceptors (Lipinski definition) is 6. The van der Waals surface area contributed by atoms with E-state index in [0.29, 0.717) is 0 Å². The Balaban J connectivity index is 2.39. The fourth-order valence-electron chi connectivity index (χ4n) is 1.52. The third-order valence-electron chi connectivity index (χ3n) is 2.46. The molecule has 0 N–H and O–H groups in total. The highest BCUT2D eigenvalue weighted by atomic mass is 79.9. The molecule has 0 unspecified atom stereocenters. The molecular formula is C13H9BrN2O4S. The van der Waals surface area contributed by atoms with Gasteiger partial charge in [0.2, 0.25) is 0 Å². The van der Waals surface area contributed by atoms with E-state index in [1.807, 2.05) is 24.3 Å². The number of rotatable bonds is 4.